The van der Waals surface area contributed by atoms with Crippen LogP contribution < -0.4 is 10.2 Å². The smallest absolute Gasteiger partial charge is 0.249 e. The van der Waals surface area contributed by atoms with E-state index in [9.17, 15) is 14.7 Å². The number of amides is 2. The van der Waals surface area contributed by atoms with Crippen LogP contribution in [0.5, 0.6) is 0 Å². The zero-order chi connectivity index (χ0) is 13.3. The summed E-state index contributed by atoms with van der Waals surface area (Å²) in [4.78, 5) is 28.7. The van der Waals surface area contributed by atoms with Crippen molar-refractivity contribution in [3.63, 3.8) is 0 Å². The average molecular weight is 249 g/mol. The Hall–Kier alpha value is -1.95. The molecule has 0 saturated carbocycles. The summed E-state index contributed by atoms with van der Waals surface area (Å²) >= 11 is 0. The first kappa shape index (κ1) is 12.5. The molecular formula is C12H15N3O3. The molecule has 6 nitrogen and oxygen atoms in total. The molecule has 2 N–H and O–H groups in total. The SMILES string of the molecule is CC1C(=O)NC(=O)CN1c1ccc([C@H](C)O)cn1. The Kier molecular flexibility index (Phi) is 3.29. The normalized spacial score (nSPS) is 21.7. The van der Waals surface area contributed by atoms with Crippen LogP contribution in [0.25, 0.3) is 0 Å². The third kappa shape index (κ3) is 2.33. The number of hydrogen-bond acceptors (Lipinski definition) is 5. The fourth-order valence-corrected chi connectivity index (χ4v) is 1.81. The van der Waals surface area contributed by atoms with Crippen molar-refractivity contribution in [1.29, 1.82) is 0 Å². The minimum atomic E-state index is -0.588. The number of aliphatic hydroxyl groups excluding tert-OH is 1. The van der Waals surface area contributed by atoms with E-state index in [0.29, 0.717) is 11.4 Å². The van der Waals surface area contributed by atoms with Crippen LogP contribution in [0.1, 0.15) is 25.5 Å². The number of piperazine rings is 1. The van der Waals surface area contributed by atoms with E-state index < -0.39 is 12.1 Å². The van der Waals surface area contributed by atoms with Gasteiger partial charge in [-0.15, -0.1) is 0 Å². The van der Waals surface area contributed by atoms with Crippen LogP contribution in [0.15, 0.2) is 18.3 Å². The van der Waals surface area contributed by atoms with E-state index in [2.05, 4.69) is 10.3 Å². The van der Waals surface area contributed by atoms with Crippen molar-refractivity contribution < 1.29 is 14.7 Å². The van der Waals surface area contributed by atoms with Gasteiger partial charge in [-0.05, 0) is 25.5 Å². The van der Waals surface area contributed by atoms with Gasteiger partial charge in [-0.2, -0.15) is 0 Å². The molecule has 1 fully saturated rings. The Morgan fingerprint density at radius 1 is 1.50 bits per heavy atom. The quantitative estimate of drug-likeness (QED) is 0.720. The second-order valence-electron chi connectivity index (χ2n) is 4.34. The summed E-state index contributed by atoms with van der Waals surface area (Å²) in [7, 11) is 0. The zero-order valence-corrected chi connectivity index (χ0v) is 10.3. The van der Waals surface area contributed by atoms with Crippen LogP contribution in [0.2, 0.25) is 0 Å². The third-order valence-electron chi connectivity index (χ3n) is 2.97. The second kappa shape index (κ2) is 4.73. The van der Waals surface area contributed by atoms with Crippen LogP contribution in [0.4, 0.5) is 5.82 Å². The van der Waals surface area contributed by atoms with Gasteiger partial charge in [-0.25, -0.2) is 4.98 Å². The van der Waals surface area contributed by atoms with E-state index in [4.69, 9.17) is 0 Å². The Morgan fingerprint density at radius 2 is 2.22 bits per heavy atom. The molecule has 0 aliphatic carbocycles. The van der Waals surface area contributed by atoms with Gasteiger partial charge in [0.1, 0.15) is 11.9 Å². The molecule has 2 amide bonds. The molecule has 1 unspecified atom stereocenters. The number of aromatic nitrogens is 1. The number of carbonyl (C=O) groups excluding carboxylic acids is 2. The molecule has 1 aliphatic rings. The number of nitrogens with zero attached hydrogens (tertiary/aromatic N) is 2. The Bertz CT molecular complexity index is 470. The highest BCUT2D eigenvalue weighted by atomic mass is 16.3. The predicted octanol–water partition coefficient (Wildman–Crippen LogP) is -0.0138. The third-order valence-corrected chi connectivity index (χ3v) is 2.97. The molecule has 2 atom stereocenters. The minimum Gasteiger partial charge on any atom is -0.389 e. The summed E-state index contributed by atoms with van der Waals surface area (Å²) in [6.07, 6.45) is 0.958. The maximum absolute atomic E-state index is 11.5. The van der Waals surface area contributed by atoms with E-state index in [0.717, 1.165) is 0 Å². The van der Waals surface area contributed by atoms with Crippen LogP contribution in [-0.2, 0) is 9.59 Å². The Labute approximate surface area is 105 Å². The van der Waals surface area contributed by atoms with Gasteiger partial charge in [0.2, 0.25) is 11.8 Å². The Balaban J connectivity index is 2.24. The largest absolute Gasteiger partial charge is 0.389 e. The highest BCUT2D eigenvalue weighted by Crippen LogP contribution is 2.19. The average Bonchev–Trinajstić information content (AvgIpc) is 2.34. The van der Waals surface area contributed by atoms with Gasteiger partial charge in [0.15, 0.2) is 0 Å². The molecule has 0 aromatic carbocycles. The molecular weight excluding hydrogens is 234 g/mol. The number of nitrogens with one attached hydrogen (secondary N) is 1. The highest BCUT2D eigenvalue weighted by Gasteiger charge is 2.30. The first-order valence-corrected chi connectivity index (χ1v) is 5.73. The molecule has 1 aliphatic heterocycles. The van der Waals surface area contributed by atoms with Gasteiger partial charge in [-0.3, -0.25) is 14.9 Å². The summed E-state index contributed by atoms with van der Waals surface area (Å²) in [5, 5.41) is 11.7. The fourth-order valence-electron chi connectivity index (χ4n) is 1.81. The number of imide groups is 1. The molecule has 1 aromatic rings. The summed E-state index contributed by atoms with van der Waals surface area (Å²) in [6, 6.07) is 2.99. The van der Waals surface area contributed by atoms with Crippen LogP contribution in [-0.4, -0.2) is 34.5 Å². The topological polar surface area (TPSA) is 82.5 Å². The summed E-state index contributed by atoms with van der Waals surface area (Å²) < 4.78 is 0. The molecule has 0 bridgehead atoms. The number of carbonyl (C=O) groups is 2. The molecule has 2 heterocycles. The Morgan fingerprint density at radius 3 is 2.78 bits per heavy atom. The van der Waals surface area contributed by atoms with Gasteiger partial charge >= 0.3 is 0 Å². The van der Waals surface area contributed by atoms with Crippen LogP contribution in [0, 0.1) is 0 Å². The van der Waals surface area contributed by atoms with E-state index in [1.165, 1.54) is 0 Å². The standard InChI is InChI=1S/C12H15N3O3/c1-7-12(18)14-11(17)6-15(7)10-4-3-9(5-13-10)8(2)16/h3-5,7-8,16H,6H2,1-2H3,(H,14,17,18)/t7?,8-/m0/s1. The van der Waals surface area contributed by atoms with Crippen molar-refractivity contribution in [3.05, 3.63) is 23.9 Å². The number of aliphatic hydroxyl groups is 1. The summed E-state index contributed by atoms with van der Waals surface area (Å²) in [5.41, 5.74) is 0.694. The van der Waals surface area contributed by atoms with Gasteiger partial charge in [0.25, 0.3) is 0 Å². The molecule has 6 heteroatoms. The highest BCUT2D eigenvalue weighted by molar-refractivity contribution is 6.04. The zero-order valence-electron chi connectivity index (χ0n) is 10.3. The van der Waals surface area contributed by atoms with Gasteiger partial charge in [-0.1, -0.05) is 6.07 Å². The van der Waals surface area contributed by atoms with E-state index in [-0.39, 0.29) is 18.4 Å². The van der Waals surface area contributed by atoms with Gasteiger partial charge in [0, 0.05) is 6.20 Å². The lowest BCUT2D eigenvalue weighted by Gasteiger charge is -2.32. The maximum atomic E-state index is 11.5. The first-order chi connectivity index (χ1) is 8.49. The van der Waals surface area contributed by atoms with E-state index >= 15 is 0 Å². The molecule has 0 radical (unpaired) electrons. The molecule has 2 rings (SSSR count). The monoisotopic (exact) mass is 249 g/mol. The summed E-state index contributed by atoms with van der Waals surface area (Å²) in [6.45, 7) is 3.47. The van der Waals surface area contributed by atoms with Crippen molar-refractivity contribution in [2.75, 3.05) is 11.4 Å². The minimum absolute atomic E-state index is 0.105. The van der Waals surface area contributed by atoms with Crippen molar-refractivity contribution in [1.82, 2.24) is 10.3 Å². The predicted molar refractivity (Wildman–Crippen MR) is 64.8 cm³/mol. The van der Waals surface area contributed by atoms with Gasteiger partial charge in [0.05, 0.1) is 12.6 Å². The van der Waals surface area contributed by atoms with Crippen molar-refractivity contribution in [3.8, 4) is 0 Å². The fraction of sp³-hybridized carbons (Fsp3) is 0.417. The number of pyridine rings is 1. The van der Waals surface area contributed by atoms with Crippen molar-refractivity contribution in [2.24, 2.45) is 0 Å². The first-order valence-electron chi connectivity index (χ1n) is 5.73. The van der Waals surface area contributed by atoms with E-state index in [1.807, 2.05) is 0 Å². The van der Waals surface area contributed by atoms with Crippen molar-refractivity contribution >= 4 is 17.6 Å². The molecule has 96 valence electrons. The molecule has 18 heavy (non-hydrogen) atoms. The maximum Gasteiger partial charge on any atom is 0.249 e. The number of rotatable bonds is 2. The lowest BCUT2D eigenvalue weighted by Crippen LogP contribution is -2.57. The number of hydrogen-bond donors (Lipinski definition) is 2. The molecule has 0 spiro atoms. The van der Waals surface area contributed by atoms with Crippen LogP contribution >= 0.6 is 0 Å². The van der Waals surface area contributed by atoms with Crippen LogP contribution in [0.3, 0.4) is 0 Å². The lowest BCUT2D eigenvalue weighted by molar-refractivity contribution is -0.132. The van der Waals surface area contributed by atoms with Crippen molar-refractivity contribution in [2.45, 2.75) is 26.0 Å². The number of anilines is 1. The van der Waals surface area contributed by atoms with Gasteiger partial charge < -0.3 is 10.0 Å². The second-order valence-corrected chi connectivity index (χ2v) is 4.34. The lowest BCUT2D eigenvalue weighted by atomic mass is 10.1. The summed E-state index contributed by atoms with van der Waals surface area (Å²) in [5.74, 6) is -0.109. The van der Waals surface area contributed by atoms with E-state index in [1.54, 1.807) is 37.1 Å². The molecule has 1 saturated heterocycles. The molecule has 1 aromatic heterocycles.